The molecule has 9 heteroatoms. The van der Waals surface area contributed by atoms with Crippen molar-refractivity contribution in [1.29, 1.82) is 5.26 Å². The van der Waals surface area contributed by atoms with Gasteiger partial charge in [0.15, 0.2) is 5.16 Å². The van der Waals surface area contributed by atoms with E-state index in [4.69, 9.17) is 16.9 Å². The quantitative estimate of drug-likeness (QED) is 0.513. The largest absolute Gasteiger partial charge is 0.324 e. The van der Waals surface area contributed by atoms with Gasteiger partial charge in [-0.3, -0.25) is 14.2 Å². The Morgan fingerprint density at radius 3 is 2.89 bits per heavy atom. The highest BCUT2D eigenvalue weighted by atomic mass is 35.5. The van der Waals surface area contributed by atoms with Crippen LogP contribution < -0.4 is 10.9 Å². The number of benzene rings is 1. The average molecular weight is 419 g/mol. The number of thiophene rings is 1. The van der Waals surface area contributed by atoms with Gasteiger partial charge in [-0.15, -0.1) is 11.3 Å². The molecule has 1 amide bonds. The zero-order valence-corrected chi connectivity index (χ0v) is 17.2. The number of nitrogens with one attached hydrogen (secondary N) is 1. The standard InChI is InChI=1S/C18H15ClN4O2S2/c1-9-10(2)27-16-15(9)17(25)23(3)18(22-16)26-8-14(24)21-13-6-12(19)5-4-11(13)7-20/h4-6H,8H2,1-3H3,(H,21,24). The molecule has 0 bridgehead atoms. The summed E-state index contributed by atoms with van der Waals surface area (Å²) in [6, 6.07) is 6.67. The summed E-state index contributed by atoms with van der Waals surface area (Å²) in [6.45, 7) is 3.87. The second kappa shape index (κ2) is 7.72. The van der Waals surface area contributed by atoms with E-state index in [0.717, 1.165) is 10.4 Å². The van der Waals surface area contributed by atoms with E-state index in [1.54, 1.807) is 19.2 Å². The number of amides is 1. The molecule has 138 valence electrons. The van der Waals surface area contributed by atoms with Gasteiger partial charge in [0.2, 0.25) is 5.91 Å². The monoisotopic (exact) mass is 418 g/mol. The van der Waals surface area contributed by atoms with Gasteiger partial charge in [-0.1, -0.05) is 23.4 Å². The lowest BCUT2D eigenvalue weighted by Crippen LogP contribution is -2.21. The van der Waals surface area contributed by atoms with Crippen molar-refractivity contribution >= 4 is 56.5 Å². The lowest BCUT2D eigenvalue weighted by Gasteiger charge is -2.09. The summed E-state index contributed by atoms with van der Waals surface area (Å²) in [5.74, 6) is -0.265. The Hall–Kier alpha value is -2.34. The average Bonchev–Trinajstić information content (AvgIpc) is 2.91. The third kappa shape index (κ3) is 3.86. The first-order valence-electron chi connectivity index (χ1n) is 7.91. The molecule has 2 aromatic heterocycles. The van der Waals surface area contributed by atoms with Crippen LogP contribution in [0.15, 0.2) is 28.2 Å². The minimum Gasteiger partial charge on any atom is -0.324 e. The molecule has 1 N–H and O–H groups in total. The number of aryl methyl sites for hydroxylation is 2. The van der Waals surface area contributed by atoms with E-state index >= 15 is 0 Å². The van der Waals surface area contributed by atoms with Crippen LogP contribution in [0.2, 0.25) is 5.02 Å². The van der Waals surface area contributed by atoms with E-state index in [-0.39, 0.29) is 17.2 Å². The number of aromatic nitrogens is 2. The lowest BCUT2D eigenvalue weighted by atomic mass is 10.2. The summed E-state index contributed by atoms with van der Waals surface area (Å²) < 4.78 is 1.46. The van der Waals surface area contributed by atoms with Gasteiger partial charge in [0, 0.05) is 16.9 Å². The molecule has 1 aromatic carbocycles. The first kappa shape index (κ1) is 19.4. The Labute approximate surface area is 168 Å². The summed E-state index contributed by atoms with van der Waals surface area (Å²) in [6.07, 6.45) is 0. The van der Waals surface area contributed by atoms with Crippen molar-refractivity contribution in [3.8, 4) is 6.07 Å². The second-order valence-electron chi connectivity index (χ2n) is 5.86. The van der Waals surface area contributed by atoms with Crippen LogP contribution in [0.1, 0.15) is 16.0 Å². The zero-order valence-electron chi connectivity index (χ0n) is 14.8. The number of hydrogen-bond donors (Lipinski definition) is 1. The van der Waals surface area contributed by atoms with E-state index < -0.39 is 0 Å². The van der Waals surface area contributed by atoms with Crippen molar-refractivity contribution in [1.82, 2.24) is 9.55 Å². The Balaban J connectivity index is 1.80. The highest BCUT2D eigenvalue weighted by Crippen LogP contribution is 2.28. The molecule has 0 aliphatic heterocycles. The van der Waals surface area contributed by atoms with Crippen LogP contribution >= 0.6 is 34.7 Å². The fraction of sp³-hybridized carbons (Fsp3) is 0.222. The van der Waals surface area contributed by atoms with Gasteiger partial charge in [-0.05, 0) is 37.6 Å². The van der Waals surface area contributed by atoms with E-state index in [9.17, 15) is 9.59 Å². The summed E-state index contributed by atoms with van der Waals surface area (Å²) in [7, 11) is 1.65. The summed E-state index contributed by atoms with van der Waals surface area (Å²) in [5, 5.41) is 13.3. The van der Waals surface area contributed by atoms with Crippen molar-refractivity contribution in [2.45, 2.75) is 19.0 Å². The van der Waals surface area contributed by atoms with E-state index in [1.807, 2.05) is 19.9 Å². The Bertz CT molecular complexity index is 1160. The number of anilines is 1. The number of fused-ring (bicyclic) bond motifs is 1. The zero-order chi connectivity index (χ0) is 19.7. The van der Waals surface area contributed by atoms with Crippen LogP contribution in [0.25, 0.3) is 10.2 Å². The summed E-state index contributed by atoms with van der Waals surface area (Å²) in [4.78, 5) is 31.2. The number of rotatable bonds is 4. The van der Waals surface area contributed by atoms with Crippen molar-refractivity contribution < 1.29 is 4.79 Å². The molecule has 0 unspecified atom stereocenters. The van der Waals surface area contributed by atoms with E-state index in [1.165, 1.54) is 33.7 Å². The predicted molar refractivity (Wildman–Crippen MR) is 110 cm³/mol. The SMILES string of the molecule is Cc1sc2nc(SCC(=O)Nc3cc(Cl)ccc3C#N)n(C)c(=O)c2c1C. The maximum Gasteiger partial charge on any atom is 0.262 e. The van der Waals surface area contributed by atoms with Gasteiger partial charge in [-0.25, -0.2) is 4.98 Å². The second-order valence-corrected chi connectivity index (χ2v) is 8.44. The molecule has 0 aliphatic rings. The third-order valence-electron chi connectivity index (χ3n) is 4.08. The van der Waals surface area contributed by atoms with Gasteiger partial charge in [-0.2, -0.15) is 5.26 Å². The number of carbonyl (C=O) groups is 1. The number of halogens is 1. The van der Waals surface area contributed by atoms with Crippen LogP contribution in [0.3, 0.4) is 0 Å². The molecular formula is C18H15ClN4O2S2. The molecule has 6 nitrogen and oxygen atoms in total. The van der Waals surface area contributed by atoms with Crippen LogP contribution in [0, 0.1) is 25.2 Å². The number of nitriles is 1. The molecule has 27 heavy (non-hydrogen) atoms. The minimum absolute atomic E-state index is 0.0481. The maximum atomic E-state index is 12.6. The highest BCUT2D eigenvalue weighted by Gasteiger charge is 2.16. The molecule has 0 spiro atoms. The van der Waals surface area contributed by atoms with Gasteiger partial charge in [0.1, 0.15) is 10.9 Å². The molecule has 3 rings (SSSR count). The molecule has 0 saturated carbocycles. The first-order valence-corrected chi connectivity index (χ1v) is 10.1. The van der Waals surface area contributed by atoms with Crippen LogP contribution in [-0.2, 0) is 11.8 Å². The van der Waals surface area contributed by atoms with Crippen molar-refractivity contribution in [2.24, 2.45) is 7.05 Å². The molecule has 0 aliphatic carbocycles. The minimum atomic E-state index is -0.313. The Morgan fingerprint density at radius 2 is 2.19 bits per heavy atom. The van der Waals surface area contributed by atoms with Crippen LogP contribution in [0.5, 0.6) is 0 Å². The number of nitrogens with zero attached hydrogens (tertiary/aromatic N) is 3. The Morgan fingerprint density at radius 1 is 1.44 bits per heavy atom. The van der Waals surface area contributed by atoms with Gasteiger partial charge in [0.05, 0.1) is 22.4 Å². The van der Waals surface area contributed by atoms with E-state index in [2.05, 4.69) is 10.3 Å². The normalized spacial score (nSPS) is 10.8. The predicted octanol–water partition coefficient (Wildman–Crippen LogP) is 3.87. The molecule has 0 radical (unpaired) electrons. The fourth-order valence-electron chi connectivity index (χ4n) is 2.52. The summed E-state index contributed by atoms with van der Waals surface area (Å²) >= 11 is 8.56. The van der Waals surface area contributed by atoms with Crippen LogP contribution in [0.4, 0.5) is 5.69 Å². The molecule has 0 atom stereocenters. The molecular weight excluding hydrogens is 404 g/mol. The van der Waals surface area contributed by atoms with Gasteiger partial charge < -0.3 is 5.32 Å². The number of hydrogen-bond acceptors (Lipinski definition) is 6. The van der Waals surface area contributed by atoms with Gasteiger partial charge >= 0.3 is 0 Å². The summed E-state index contributed by atoms with van der Waals surface area (Å²) in [5.41, 5.74) is 1.51. The van der Waals surface area contributed by atoms with Crippen molar-refractivity contribution in [3.05, 3.63) is 49.6 Å². The topological polar surface area (TPSA) is 87.8 Å². The fourth-order valence-corrected chi connectivity index (χ4v) is 4.53. The first-order chi connectivity index (χ1) is 12.8. The third-order valence-corrected chi connectivity index (χ3v) is 6.44. The van der Waals surface area contributed by atoms with E-state index in [0.29, 0.717) is 31.6 Å². The highest BCUT2D eigenvalue weighted by molar-refractivity contribution is 7.99. The smallest absolute Gasteiger partial charge is 0.262 e. The molecule has 0 fully saturated rings. The molecule has 2 heterocycles. The van der Waals surface area contributed by atoms with Crippen LogP contribution in [-0.4, -0.2) is 21.2 Å². The van der Waals surface area contributed by atoms with Gasteiger partial charge in [0.25, 0.3) is 5.56 Å². The maximum absolute atomic E-state index is 12.6. The van der Waals surface area contributed by atoms with Crippen molar-refractivity contribution in [2.75, 3.05) is 11.1 Å². The molecule has 0 saturated heterocycles. The number of thioether (sulfide) groups is 1. The Kier molecular flexibility index (Phi) is 5.56. The number of carbonyl (C=O) groups excluding carboxylic acids is 1. The molecule has 3 aromatic rings. The van der Waals surface area contributed by atoms with Crippen molar-refractivity contribution in [3.63, 3.8) is 0 Å². The lowest BCUT2D eigenvalue weighted by molar-refractivity contribution is -0.113.